The van der Waals surface area contributed by atoms with Crippen molar-refractivity contribution in [1.29, 1.82) is 0 Å². The van der Waals surface area contributed by atoms with Crippen molar-refractivity contribution >= 4 is 45.0 Å². The molecule has 0 fully saturated rings. The molecule has 0 spiro atoms. The maximum atomic E-state index is 12.4. The van der Waals surface area contributed by atoms with Gasteiger partial charge in [-0.05, 0) is 46.3 Å². The lowest BCUT2D eigenvalue weighted by atomic mass is 10.2. The molecule has 0 aliphatic carbocycles. The summed E-state index contributed by atoms with van der Waals surface area (Å²) in [5, 5.41) is 2.92. The molecule has 0 saturated carbocycles. The van der Waals surface area contributed by atoms with E-state index in [9.17, 15) is 4.79 Å². The maximum absolute atomic E-state index is 12.4. The van der Waals surface area contributed by atoms with Crippen molar-refractivity contribution in [2.24, 2.45) is 0 Å². The Morgan fingerprint density at radius 1 is 1.33 bits per heavy atom. The van der Waals surface area contributed by atoms with E-state index in [2.05, 4.69) is 27.8 Å². The number of amides is 1. The van der Waals surface area contributed by atoms with E-state index in [1.54, 1.807) is 30.0 Å². The number of anilines is 2. The highest BCUT2D eigenvalue weighted by Crippen LogP contribution is 2.28. The van der Waals surface area contributed by atoms with Crippen LogP contribution in [0.4, 0.5) is 11.4 Å². The highest BCUT2D eigenvalue weighted by molar-refractivity contribution is 9.10. The van der Waals surface area contributed by atoms with Gasteiger partial charge in [0.2, 0.25) is 0 Å². The molecule has 2 aromatic carbocycles. The van der Waals surface area contributed by atoms with Crippen LogP contribution in [0.1, 0.15) is 10.4 Å². The van der Waals surface area contributed by atoms with Crippen LogP contribution in [0, 0.1) is 0 Å². The number of hydrogen-bond acceptors (Lipinski definition) is 3. The average Bonchev–Trinajstić information content (AvgIpc) is 2.48. The van der Waals surface area contributed by atoms with Gasteiger partial charge in [-0.1, -0.05) is 18.2 Å². The zero-order valence-corrected chi connectivity index (χ0v) is 13.7. The fraction of sp³-hybridized carbons (Fsp3) is 0.0625. The third kappa shape index (κ3) is 4.12. The number of benzene rings is 2. The van der Waals surface area contributed by atoms with Crippen LogP contribution >= 0.6 is 27.7 Å². The molecule has 0 aliphatic rings. The van der Waals surface area contributed by atoms with Crippen molar-refractivity contribution in [3.8, 4) is 0 Å². The molecule has 108 valence electrons. The maximum Gasteiger partial charge on any atom is 0.256 e. The summed E-state index contributed by atoms with van der Waals surface area (Å²) in [6.45, 7) is 3.71. The van der Waals surface area contributed by atoms with Crippen LogP contribution in [-0.2, 0) is 0 Å². The summed E-state index contributed by atoms with van der Waals surface area (Å²) in [7, 11) is 0. The highest BCUT2D eigenvalue weighted by Gasteiger charge is 2.12. The molecule has 0 heterocycles. The van der Waals surface area contributed by atoms with Crippen LogP contribution < -0.4 is 11.1 Å². The number of carbonyl (C=O) groups is 1. The Labute approximate surface area is 136 Å². The van der Waals surface area contributed by atoms with E-state index in [0.29, 0.717) is 15.7 Å². The third-order valence-electron chi connectivity index (χ3n) is 2.73. The van der Waals surface area contributed by atoms with E-state index in [-0.39, 0.29) is 5.91 Å². The van der Waals surface area contributed by atoms with Crippen LogP contribution in [0.2, 0.25) is 0 Å². The molecule has 0 bridgehead atoms. The molecule has 3 N–H and O–H groups in total. The van der Waals surface area contributed by atoms with Gasteiger partial charge in [0.15, 0.2) is 0 Å². The van der Waals surface area contributed by atoms with Gasteiger partial charge in [0.25, 0.3) is 5.91 Å². The number of thioether (sulfide) groups is 1. The Balaban J connectivity index is 2.23. The molecule has 5 heteroatoms. The molecule has 0 saturated heterocycles. The van der Waals surface area contributed by atoms with Crippen LogP contribution in [0.15, 0.2) is 64.5 Å². The molecule has 0 unspecified atom stereocenters. The quantitative estimate of drug-likeness (QED) is 0.465. The van der Waals surface area contributed by atoms with Gasteiger partial charge in [-0.2, -0.15) is 0 Å². The molecule has 0 radical (unpaired) electrons. The third-order valence-corrected chi connectivity index (χ3v) is 4.49. The van der Waals surface area contributed by atoms with Gasteiger partial charge in [0.05, 0.1) is 11.3 Å². The Kier molecular flexibility index (Phi) is 5.47. The first kappa shape index (κ1) is 15.7. The predicted octanol–water partition coefficient (Wildman–Crippen LogP) is 4.56. The lowest BCUT2D eigenvalue weighted by molar-refractivity contribution is 0.102. The first-order valence-corrected chi connectivity index (χ1v) is 8.09. The van der Waals surface area contributed by atoms with Crippen molar-refractivity contribution in [3.05, 3.63) is 65.2 Å². The number of nitrogens with one attached hydrogen (secondary N) is 1. The van der Waals surface area contributed by atoms with Crippen molar-refractivity contribution in [3.63, 3.8) is 0 Å². The fourth-order valence-electron chi connectivity index (χ4n) is 1.75. The largest absolute Gasteiger partial charge is 0.399 e. The molecule has 0 aliphatic heterocycles. The Hall–Kier alpha value is -1.72. The van der Waals surface area contributed by atoms with E-state index in [1.807, 2.05) is 30.3 Å². The molecule has 0 atom stereocenters. The molecule has 0 aromatic heterocycles. The monoisotopic (exact) mass is 362 g/mol. The molecular weight excluding hydrogens is 348 g/mol. The number of rotatable bonds is 5. The number of halogens is 1. The molecule has 21 heavy (non-hydrogen) atoms. The number of nitrogen functional groups attached to an aromatic ring is 1. The summed E-state index contributed by atoms with van der Waals surface area (Å²) in [4.78, 5) is 13.4. The van der Waals surface area contributed by atoms with Crippen molar-refractivity contribution < 1.29 is 4.79 Å². The van der Waals surface area contributed by atoms with E-state index >= 15 is 0 Å². The fourth-order valence-corrected chi connectivity index (χ4v) is 2.92. The first-order chi connectivity index (χ1) is 10.1. The highest BCUT2D eigenvalue weighted by atomic mass is 79.9. The van der Waals surface area contributed by atoms with Gasteiger partial charge < -0.3 is 11.1 Å². The van der Waals surface area contributed by atoms with Gasteiger partial charge >= 0.3 is 0 Å². The van der Waals surface area contributed by atoms with Crippen LogP contribution in [0.25, 0.3) is 0 Å². The van der Waals surface area contributed by atoms with Crippen molar-refractivity contribution in [1.82, 2.24) is 0 Å². The topological polar surface area (TPSA) is 55.1 Å². The van der Waals surface area contributed by atoms with Crippen molar-refractivity contribution in [2.45, 2.75) is 4.90 Å². The Morgan fingerprint density at radius 3 is 2.86 bits per heavy atom. The van der Waals surface area contributed by atoms with E-state index in [1.165, 1.54) is 0 Å². The number of carbonyl (C=O) groups excluding carboxylic acids is 1. The van der Waals surface area contributed by atoms with Crippen LogP contribution in [0.3, 0.4) is 0 Å². The van der Waals surface area contributed by atoms with E-state index in [0.717, 1.165) is 16.3 Å². The molecule has 2 aromatic rings. The zero-order chi connectivity index (χ0) is 15.2. The normalized spacial score (nSPS) is 10.1. The molecule has 2 rings (SSSR count). The minimum Gasteiger partial charge on any atom is -0.399 e. The molecular formula is C16H15BrN2OS. The Bertz CT molecular complexity index is 673. The second-order valence-corrected chi connectivity index (χ2v) is 6.21. The summed E-state index contributed by atoms with van der Waals surface area (Å²) >= 11 is 4.99. The lowest BCUT2D eigenvalue weighted by Gasteiger charge is -2.11. The van der Waals surface area contributed by atoms with Gasteiger partial charge in [0.1, 0.15) is 0 Å². The van der Waals surface area contributed by atoms with Gasteiger partial charge in [-0.15, -0.1) is 18.3 Å². The van der Waals surface area contributed by atoms with Gasteiger partial charge in [-0.25, -0.2) is 0 Å². The lowest BCUT2D eigenvalue weighted by Crippen LogP contribution is -2.13. The zero-order valence-electron chi connectivity index (χ0n) is 11.3. The number of hydrogen-bond donors (Lipinski definition) is 2. The minimum atomic E-state index is -0.194. The summed E-state index contributed by atoms with van der Waals surface area (Å²) in [6.07, 6.45) is 1.83. The summed E-state index contributed by atoms with van der Waals surface area (Å²) in [6, 6.07) is 12.8. The first-order valence-electron chi connectivity index (χ1n) is 6.31. The smallest absolute Gasteiger partial charge is 0.256 e. The summed E-state index contributed by atoms with van der Waals surface area (Å²) in [5.41, 5.74) is 7.59. The van der Waals surface area contributed by atoms with Gasteiger partial charge in [-0.3, -0.25) is 4.79 Å². The summed E-state index contributed by atoms with van der Waals surface area (Å²) in [5.74, 6) is 0.593. The minimum absolute atomic E-state index is 0.194. The van der Waals surface area contributed by atoms with E-state index in [4.69, 9.17) is 5.73 Å². The van der Waals surface area contributed by atoms with Crippen LogP contribution in [-0.4, -0.2) is 11.7 Å². The number of para-hydroxylation sites is 1. The standard InChI is InChI=1S/C16H15BrN2OS/c1-2-9-21-15-6-4-3-5-14(15)19-16(20)12-10-11(18)7-8-13(12)17/h2-8,10H,1,9,18H2,(H,19,20). The average molecular weight is 363 g/mol. The molecule has 3 nitrogen and oxygen atoms in total. The second kappa shape index (κ2) is 7.33. The van der Waals surface area contributed by atoms with Crippen molar-refractivity contribution in [2.75, 3.05) is 16.8 Å². The predicted molar refractivity (Wildman–Crippen MR) is 93.9 cm³/mol. The van der Waals surface area contributed by atoms with Crippen LogP contribution in [0.5, 0.6) is 0 Å². The number of nitrogens with two attached hydrogens (primary N) is 1. The van der Waals surface area contributed by atoms with Gasteiger partial charge in [0, 0.05) is 20.8 Å². The second-order valence-electron chi connectivity index (χ2n) is 4.29. The van der Waals surface area contributed by atoms with E-state index < -0.39 is 0 Å². The summed E-state index contributed by atoms with van der Waals surface area (Å²) < 4.78 is 0.713. The SMILES string of the molecule is C=CCSc1ccccc1NC(=O)c1cc(N)ccc1Br. The molecule has 1 amide bonds. The Morgan fingerprint density at radius 2 is 2.10 bits per heavy atom.